The topological polar surface area (TPSA) is 265 Å². The van der Waals surface area contributed by atoms with Gasteiger partial charge in [-0.2, -0.15) is 10.1 Å². The summed E-state index contributed by atoms with van der Waals surface area (Å²) in [6.07, 6.45) is 2.79. The van der Waals surface area contributed by atoms with Gasteiger partial charge in [-0.1, -0.05) is 6.08 Å². The number of hydrogen-bond donors (Lipinski definition) is 1. The maximum atomic E-state index is 12.9. The zero-order valence-corrected chi connectivity index (χ0v) is 38.0. The molecule has 4 rings (SSSR count). The second kappa shape index (κ2) is 19.1. The van der Waals surface area contributed by atoms with E-state index in [0.29, 0.717) is 9.69 Å². The average molecular weight is 757 g/mol. The minimum atomic E-state index is -4.79. The molecular weight excluding hydrogens is 745 g/mol. The van der Waals surface area contributed by atoms with Crippen LogP contribution in [0.15, 0.2) is 85.9 Å². The Hall–Kier alpha value is 1.38. The van der Waals surface area contributed by atoms with Gasteiger partial charge in [-0.15, -0.1) is 0 Å². The number of hydrogen-bond acceptors (Lipinski definition) is 13. The van der Waals surface area contributed by atoms with E-state index in [0.717, 1.165) is 66.8 Å². The number of anilines is 1. The van der Waals surface area contributed by atoms with Crippen molar-refractivity contribution in [1.29, 1.82) is 0 Å². The van der Waals surface area contributed by atoms with Crippen LogP contribution in [0.5, 0.6) is 0 Å². The Morgan fingerprint density at radius 3 is 1.64 bits per heavy atom. The Kier molecular flexibility index (Phi) is 19.7. The Morgan fingerprint density at radius 1 is 0.756 bits per heavy atom. The van der Waals surface area contributed by atoms with Gasteiger partial charge in [0.2, 0.25) is 0 Å². The van der Waals surface area contributed by atoms with Crippen molar-refractivity contribution in [1.82, 2.24) is 9.78 Å². The molecule has 0 atom stereocenters. The molecule has 212 valence electrons. The second-order valence-electron chi connectivity index (χ2n) is 8.02. The van der Waals surface area contributed by atoms with Crippen molar-refractivity contribution < 1.29 is 256 Å². The zero-order valence-electron chi connectivity index (χ0n) is 23.9. The number of carboxylic acids is 2. The maximum Gasteiger partial charge on any atom is 1.00 e. The van der Waals surface area contributed by atoms with Gasteiger partial charge in [0.25, 0.3) is 11.5 Å². The molecular formula is C23H12K4N4O12S2. The van der Waals surface area contributed by atoms with Crippen LogP contribution in [0.3, 0.4) is 0 Å². The van der Waals surface area contributed by atoms with Crippen molar-refractivity contribution in [2.75, 3.05) is 5.01 Å². The van der Waals surface area contributed by atoms with E-state index in [9.17, 15) is 55.3 Å². The van der Waals surface area contributed by atoms with Crippen LogP contribution in [0.4, 0.5) is 5.69 Å². The van der Waals surface area contributed by atoms with E-state index in [1.54, 1.807) is 0 Å². The molecule has 1 amide bonds. The third-order valence-corrected chi connectivity index (χ3v) is 7.18. The summed E-state index contributed by atoms with van der Waals surface area (Å²) in [6.45, 7) is 0. The maximum absolute atomic E-state index is 12.9. The normalized spacial score (nSPS) is 13.7. The number of hydrazone groups is 1. The number of carbonyl (C=O) groups is 3. The van der Waals surface area contributed by atoms with Gasteiger partial charge in [0, 0.05) is 0 Å². The fourth-order valence-electron chi connectivity index (χ4n) is 3.59. The van der Waals surface area contributed by atoms with Gasteiger partial charge in [-0.05, 0) is 60.7 Å². The molecule has 1 aliphatic rings. The number of nitrogens with one attached hydrogen (secondary N) is 1. The van der Waals surface area contributed by atoms with E-state index in [1.165, 1.54) is 0 Å². The summed E-state index contributed by atoms with van der Waals surface area (Å²) in [6, 6.07) is 7.74. The van der Waals surface area contributed by atoms with E-state index >= 15 is 0 Å². The summed E-state index contributed by atoms with van der Waals surface area (Å²) in [5, 5.41) is 29.7. The number of H-pyrrole nitrogens is 1. The summed E-state index contributed by atoms with van der Waals surface area (Å²) >= 11 is 0. The smallest absolute Gasteiger partial charge is 0.744 e. The van der Waals surface area contributed by atoms with Gasteiger partial charge in [-0.25, -0.2) is 21.5 Å². The summed E-state index contributed by atoms with van der Waals surface area (Å²) < 4.78 is 67.4. The van der Waals surface area contributed by atoms with E-state index in [-0.39, 0.29) is 217 Å². The van der Waals surface area contributed by atoms with Gasteiger partial charge in [0.15, 0.2) is 0 Å². The molecule has 16 nitrogen and oxygen atoms in total. The molecule has 1 N–H and O–H groups in total. The molecule has 45 heavy (non-hydrogen) atoms. The van der Waals surface area contributed by atoms with Crippen molar-refractivity contribution in [3.8, 4) is 5.69 Å². The molecule has 3 aromatic rings. The number of allylic oxidation sites excluding steroid dienone is 2. The Balaban J connectivity index is 0.00000484. The van der Waals surface area contributed by atoms with Crippen LogP contribution in [0.25, 0.3) is 11.8 Å². The van der Waals surface area contributed by atoms with Crippen molar-refractivity contribution >= 4 is 55.6 Å². The van der Waals surface area contributed by atoms with Crippen molar-refractivity contribution in [2.24, 2.45) is 5.10 Å². The number of rotatable bonds is 8. The summed E-state index contributed by atoms with van der Waals surface area (Å²) in [7, 11) is -9.58. The standard InChI is InChI=1S/C23H16N4O12S2.4K/c28-20-16(18(22(30)31)24-26(20)12-4-8-14(9-5-12)40(34,35)36)2-1-3-17-19(23(32)33)25-27(21(17)29)13-6-10-15(11-7-13)41(37,38)39;;;;/h1-11,24H,(H,30,31)(H,32,33)(H,34,35,36)(H,37,38,39);;;;/q;4*+1/p-4/b2-1+,17-3-;;;;. The van der Waals surface area contributed by atoms with Crippen LogP contribution in [0.2, 0.25) is 0 Å². The van der Waals surface area contributed by atoms with Crippen LogP contribution in [0, 0.1) is 0 Å². The average Bonchev–Trinajstić information content (AvgIpc) is 3.40. The number of nitrogens with zero attached hydrogens (tertiary/aromatic N) is 3. The third-order valence-electron chi connectivity index (χ3n) is 5.48. The van der Waals surface area contributed by atoms with Crippen LogP contribution in [0.1, 0.15) is 16.1 Å². The van der Waals surface area contributed by atoms with Crippen LogP contribution in [-0.4, -0.2) is 59.3 Å². The van der Waals surface area contributed by atoms with E-state index in [1.807, 2.05) is 0 Å². The number of aromatic amines is 1. The molecule has 0 aliphatic carbocycles. The molecule has 0 saturated carbocycles. The number of benzene rings is 2. The fraction of sp³-hybridized carbons (Fsp3) is 0. The van der Waals surface area contributed by atoms with E-state index in [4.69, 9.17) is 0 Å². The SMILES string of the molecule is O=C([O-])C1=NN(c2ccc(S(=O)(=O)[O-])cc2)C(=O)/C1=C\C=C\c1c(C(=O)[O-])[nH]n(-c2ccc(S(=O)(=O)[O-])cc2)c1=O.[K+].[K+].[K+].[K+]. The van der Waals surface area contributed by atoms with Gasteiger partial charge in [0.05, 0.1) is 49.9 Å². The molecule has 0 spiro atoms. The molecule has 0 fully saturated rings. The molecule has 0 radical (unpaired) electrons. The number of aromatic nitrogens is 2. The first kappa shape index (κ1) is 46.4. The molecule has 1 aromatic heterocycles. The molecule has 2 heterocycles. The summed E-state index contributed by atoms with van der Waals surface area (Å²) in [5.74, 6) is -4.72. The largest absolute Gasteiger partial charge is 1.00 e. The Bertz CT molecular complexity index is 1990. The number of aliphatic carboxylic acids is 1. The summed E-state index contributed by atoms with van der Waals surface area (Å²) in [5.41, 5.74) is -3.76. The molecule has 0 unspecified atom stereocenters. The van der Waals surface area contributed by atoms with Gasteiger partial charge >= 0.3 is 206 Å². The zero-order chi connectivity index (χ0) is 30.3. The van der Waals surface area contributed by atoms with Crippen molar-refractivity contribution in [3.05, 3.63) is 87.9 Å². The van der Waals surface area contributed by atoms with Gasteiger partial charge < -0.3 is 28.9 Å². The van der Waals surface area contributed by atoms with Gasteiger partial charge in [0.1, 0.15) is 25.9 Å². The number of amides is 1. The minimum absolute atomic E-state index is 0. The minimum Gasteiger partial charge on any atom is -0.744 e. The molecule has 0 bridgehead atoms. The summed E-state index contributed by atoms with van der Waals surface area (Å²) in [4.78, 5) is 47.8. The van der Waals surface area contributed by atoms with Crippen LogP contribution < -0.4 is 226 Å². The third kappa shape index (κ3) is 11.2. The van der Waals surface area contributed by atoms with Crippen molar-refractivity contribution in [3.63, 3.8) is 0 Å². The van der Waals surface area contributed by atoms with Crippen LogP contribution in [-0.2, 0) is 29.8 Å². The first-order chi connectivity index (χ1) is 19.1. The first-order valence-corrected chi connectivity index (χ1v) is 13.6. The molecule has 1 aliphatic heterocycles. The Labute approximate surface area is 424 Å². The predicted octanol–water partition coefficient (Wildman–Crippen LogP) is -14.6. The molecule has 22 heteroatoms. The van der Waals surface area contributed by atoms with E-state index in [2.05, 4.69) is 10.2 Å². The number of carboxylic acid groups (broad SMARTS) is 2. The Morgan fingerprint density at radius 2 is 1.22 bits per heavy atom. The second-order valence-corrected chi connectivity index (χ2v) is 10.8. The molecule has 2 aromatic carbocycles. The van der Waals surface area contributed by atoms with Crippen LogP contribution >= 0.6 is 0 Å². The number of carbonyl (C=O) groups excluding carboxylic acids is 3. The van der Waals surface area contributed by atoms with Gasteiger partial charge in [-0.3, -0.25) is 14.7 Å². The fourth-order valence-corrected chi connectivity index (χ4v) is 4.53. The quantitative estimate of drug-likeness (QED) is 0.128. The van der Waals surface area contributed by atoms with Crippen molar-refractivity contribution in [2.45, 2.75) is 9.79 Å². The monoisotopic (exact) mass is 756 g/mol. The number of aromatic carboxylic acids is 1. The first-order valence-electron chi connectivity index (χ1n) is 10.8. The molecule has 0 saturated heterocycles. The van der Waals surface area contributed by atoms with E-state index < -0.39 is 76.0 Å². The predicted molar refractivity (Wildman–Crippen MR) is 130 cm³/mol.